The third-order valence-electron chi connectivity index (χ3n) is 4.47. The van der Waals surface area contributed by atoms with Gasteiger partial charge in [-0.1, -0.05) is 6.07 Å². The van der Waals surface area contributed by atoms with Gasteiger partial charge in [0.25, 0.3) is 0 Å². The van der Waals surface area contributed by atoms with Crippen LogP contribution in [0, 0.1) is 5.82 Å². The van der Waals surface area contributed by atoms with Crippen molar-refractivity contribution in [3.63, 3.8) is 0 Å². The quantitative estimate of drug-likeness (QED) is 0.383. The molecule has 0 amide bonds. The lowest BCUT2D eigenvalue weighted by Crippen LogP contribution is -2.50. The van der Waals surface area contributed by atoms with E-state index in [0.29, 0.717) is 6.04 Å². The van der Waals surface area contributed by atoms with Crippen molar-refractivity contribution in [2.45, 2.75) is 37.5 Å². The Hall–Kier alpha value is -0.700. The number of benzene rings is 1. The van der Waals surface area contributed by atoms with Gasteiger partial charge in [-0.2, -0.15) is 11.8 Å². The van der Waals surface area contributed by atoms with E-state index in [2.05, 4.69) is 40.6 Å². The summed E-state index contributed by atoms with van der Waals surface area (Å²) in [6, 6.07) is 7.25. The van der Waals surface area contributed by atoms with Crippen molar-refractivity contribution in [2.75, 3.05) is 37.8 Å². The fourth-order valence-electron chi connectivity index (χ4n) is 2.71. The zero-order chi connectivity index (χ0) is 17.6. The topological polar surface area (TPSA) is 39.7 Å². The van der Waals surface area contributed by atoms with E-state index in [1.807, 2.05) is 24.9 Å². The molecular weight excluding hydrogens is 450 g/mol. The summed E-state index contributed by atoms with van der Waals surface area (Å²) >= 11 is 1.84. The van der Waals surface area contributed by atoms with Gasteiger partial charge in [-0.25, -0.2) is 4.39 Å². The lowest BCUT2D eigenvalue weighted by Gasteiger charge is -2.35. The predicted molar refractivity (Wildman–Crippen MR) is 119 cm³/mol. The molecule has 0 spiro atoms. The molecule has 0 radical (unpaired) electrons. The summed E-state index contributed by atoms with van der Waals surface area (Å²) in [5.74, 6) is 0.690. The van der Waals surface area contributed by atoms with Crippen LogP contribution in [-0.2, 0) is 0 Å². The van der Waals surface area contributed by atoms with Crippen molar-refractivity contribution in [2.24, 2.45) is 4.99 Å². The molecule has 0 atom stereocenters. The molecule has 4 nitrogen and oxygen atoms in total. The van der Waals surface area contributed by atoms with E-state index in [9.17, 15) is 4.39 Å². The molecule has 2 N–H and O–H groups in total. The minimum atomic E-state index is -0.172. The number of piperidine rings is 1. The van der Waals surface area contributed by atoms with Gasteiger partial charge in [0, 0.05) is 43.2 Å². The fourth-order valence-corrected chi connectivity index (χ4v) is 2.93. The SMILES string of the molecule is CN=C(NCC(C)(C)SC)NC1CCN(c2cccc(F)c2)CC1.I. The largest absolute Gasteiger partial charge is 0.371 e. The van der Waals surface area contributed by atoms with Crippen molar-refractivity contribution < 1.29 is 4.39 Å². The standard InChI is InChI=1S/C18H29FN4S.HI/c1-18(2,24-4)13-21-17(20-3)22-15-8-10-23(11-9-15)16-7-5-6-14(19)12-16;/h5-7,12,15H,8-11,13H2,1-4H3,(H2,20,21,22);1H. The lowest BCUT2D eigenvalue weighted by molar-refractivity contribution is 0.460. The Morgan fingerprint density at radius 2 is 2.04 bits per heavy atom. The fraction of sp³-hybridized carbons (Fsp3) is 0.611. The Morgan fingerprint density at radius 1 is 1.36 bits per heavy atom. The molecule has 1 heterocycles. The first-order valence-electron chi connectivity index (χ1n) is 8.46. The number of nitrogens with zero attached hydrogens (tertiary/aromatic N) is 2. The Morgan fingerprint density at radius 3 is 2.60 bits per heavy atom. The van der Waals surface area contributed by atoms with Gasteiger partial charge in [-0.05, 0) is 51.1 Å². The van der Waals surface area contributed by atoms with Crippen molar-refractivity contribution in [3.05, 3.63) is 30.1 Å². The number of hydrogen-bond acceptors (Lipinski definition) is 3. The number of anilines is 1. The van der Waals surface area contributed by atoms with Gasteiger partial charge >= 0.3 is 0 Å². The maximum Gasteiger partial charge on any atom is 0.191 e. The third kappa shape index (κ3) is 7.21. The van der Waals surface area contributed by atoms with Crippen molar-refractivity contribution in [1.29, 1.82) is 0 Å². The highest BCUT2D eigenvalue weighted by Gasteiger charge is 2.21. The van der Waals surface area contributed by atoms with E-state index in [-0.39, 0.29) is 34.5 Å². The normalized spacial score (nSPS) is 16.4. The van der Waals surface area contributed by atoms with Gasteiger partial charge in [-0.15, -0.1) is 24.0 Å². The van der Waals surface area contributed by atoms with Crippen LogP contribution in [0.3, 0.4) is 0 Å². The highest BCUT2D eigenvalue weighted by molar-refractivity contribution is 14.0. The molecule has 1 aliphatic heterocycles. The molecule has 0 saturated carbocycles. The molecule has 1 aromatic carbocycles. The van der Waals surface area contributed by atoms with Crippen LogP contribution in [0.25, 0.3) is 0 Å². The number of guanidine groups is 1. The van der Waals surface area contributed by atoms with Crippen molar-refractivity contribution >= 4 is 47.4 Å². The number of rotatable bonds is 5. The summed E-state index contributed by atoms with van der Waals surface area (Å²) in [7, 11) is 1.81. The van der Waals surface area contributed by atoms with E-state index in [1.165, 1.54) is 6.07 Å². The van der Waals surface area contributed by atoms with Crippen LogP contribution < -0.4 is 15.5 Å². The Labute approximate surface area is 172 Å². The molecule has 0 aliphatic carbocycles. The van der Waals surface area contributed by atoms with Gasteiger partial charge in [0.15, 0.2) is 5.96 Å². The maximum atomic E-state index is 13.4. The molecule has 0 aromatic heterocycles. The molecule has 0 unspecified atom stereocenters. The number of aliphatic imine (C=N–C) groups is 1. The molecule has 2 rings (SSSR count). The third-order valence-corrected chi connectivity index (χ3v) is 5.72. The van der Waals surface area contributed by atoms with E-state index in [4.69, 9.17) is 0 Å². The molecule has 1 aromatic rings. The minimum absolute atomic E-state index is 0. The van der Waals surface area contributed by atoms with E-state index < -0.39 is 0 Å². The van der Waals surface area contributed by atoms with Gasteiger partial charge in [-0.3, -0.25) is 4.99 Å². The van der Waals surface area contributed by atoms with Gasteiger partial charge < -0.3 is 15.5 Å². The van der Waals surface area contributed by atoms with Crippen molar-refractivity contribution in [3.8, 4) is 0 Å². The van der Waals surface area contributed by atoms with Crippen LogP contribution in [0.5, 0.6) is 0 Å². The summed E-state index contributed by atoms with van der Waals surface area (Å²) in [6.07, 6.45) is 4.16. The molecule has 25 heavy (non-hydrogen) atoms. The number of nitrogens with one attached hydrogen (secondary N) is 2. The monoisotopic (exact) mass is 480 g/mol. The van der Waals surface area contributed by atoms with Crippen LogP contribution in [0.2, 0.25) is 0 Å². The van der Waals surface area contributed by atoms with Crippen molar-refractivity contribution in [1.82, 2.24) is 10.6 Å². The van der Waals surface area contributed by atoms with Gasteiger partial charge in [0.2, 0.25) is 0 Å². The zero-order valence-corrected chi connectivity index (χ0v) is 18.7. The van der Waals surface area contributed by atoms with Crippen LogP contribution in [0.4, 0.5) is 10.1 Å². The number of thioether (sulfide) groups is 1. The Balaban J connectivity index is 0.00000312. The van der Waals surface area contributed by atoms with E-state index in [0.717, 1.165) is 44.1 Å². The molecule has 1 aliphatic rings. The highest BCUT2D eigenvalue weighted by Crippen LogP contribution is 2.21. The summed E-state index contributed by atoms with van der Waals surface area (Å²) in [6.45, 7) is 7.16. The van der Waals surface area contributed by atoms with Crippen LogP contribution >= 0.6 is 35.7 Å². The summed E-state index contributed by atoms with van der Waals surface area (Å²) in [5, 5.41) is 6.93. The van der Waals surface area contributed by atoms with Gasteiger partial charge in [0.05, 0.1) is 0 Å². The summed E-state index contributed by atoms with van der Waals surface area (Å²) in [5.41, 5.74) is 0.970. The van der Waals surface area contributed by atoms with Crippen LogP contribution in [0.15, 0.2) is 29.3 Å². The summed E-state index contributed by atoms with van der Waals surface area (Å²) in [4.78, 5) is 6.57. The minimum Gasteiger partial charge on any atom is -0.371 e. The average Bonchev–Trinajstić information content (AvgIpc) is 2.59. The van der Waals surface area contributed by atoms with Crippen LogP contribution in [-0.4, -0.2) is 49.7 Å². The first-order valence-corrected chi connectivity index (χ1v) is 9.69. The second-order valence-electron chi connectivity index (χ2n) is 6.78. The smallest absolute Gasteiger partial charge is 0.191 e. The predicted octanol–water partition coefficient (Wildman–Crippen LogP) is 3.72. The lowest BCUT2D eigenvalue weighted by atomic mass is 10.0. The second kappa shape index (κ2) is 10.4. The van der Waals surface area contributed by atoms with E-state index >= 15 is 0 Å². The molecule has 1 fully saturated rings. The molecule has 7 heteroatoms. The first kappa shape index (κ1) is 22.3. The Bertz CT molecular complexity index is 560. The zero-order valence-electron chi connectivity index (χ0n) is 15.5. The highest BCUT2D eigenvalue weighted by atomic mass is 127. The molecular formula is C18H30FIN4S. The molecule has 1 saturated heterocycles. The summed E-state index contributed by atoms with van der Waals surface area (Å²) < 4.78 is 13.5. The van der Waals surface area contributed by atoms with Crippen LogP contribution in [0.1, 0.15) is 26.7 Å². The average molecular weight is 480 g/mol. The van der Waals surface area contributed by atoms with Gasteiger partial charge in [0.1, 0.15) is 5.82 Å². The second-order valence-corrected chi connectivity index (χ2v) is 8.29. The molecule has 142 valence electrons. The molecule has 0 bridgehead atoms. The number of hydrogen-bond donors (Lipinski definition) is 2. The van der Waals surface area contributed by atoms with E-state index in [1.54, 1.807) is 12.1 Å². The number of halogens is 2. The Kier molecular flexibility index (Phi) is 9.34. The first-order chi connectivity index (χ1) is 11.4. The maximum absolute atomic E-state index is 13.4.